The number of nitrogens with two attached hydrogens (primary N) is 1. The van der Waals surface area contributed by atoms with Crippen molar-refractivity contribution >= 4 is 5.82 Å². The number of aryl methyl sites for hydroxylation is 1. The van der Waals surface area contributed by atoms with Crippen molar-refractivity contribution in [2.45, 2.75) is 32.2 Å². The van der Waals surface area contributed by atoms with Crippen LogP contribution in [0.3, 0.4) is 0 Å². The standard InChI is InChI=1S/C10H17N3O/c11-10-7-9(4-3-8-1-2-8)12-13(10)5-6-14/h7-8,14H,1-6,11H2. The second-order valence-electron chi connectivity index (χ2n) is 3.99. The Hall–Kier alpha value is -1.03. The molecule has 1 aromatic heterocycles. The molecule has 0 atom stereocenters. The van der Waals surface area contributed by atoms with Crippen LogP contribution in [0.4, 0.5) is 5.82 Å². The number of aliphatic hydroxyl groups is 1. The number of rotatable bonds is 5. The van der Waals surface area contributed by atoms with E-state index >= 15 is 0 Å². The van der Waals surface area contributed by atoms with Crippen LogP contribution < -0.4 is 5.73 Å². The number of aromatic nitrogens is 2. The van der Waals surface area contributed by atoms with Gasteiger partial charge in [0.15, 0.2) is 0 Å². The quantitative estimate of drug-likeness (QED) is 0.730. The third kappa shape index (κ3) is 2.26. The van der Waals surface area contributed by atoms with Gasteiger partial charge in [-0.3, -0.25) is 0 Å². The number of hydrogen-bond donors (Lipinski definition) is 2. The third-order valence-electron chi connectivity index (χ3n) is 2.68. The van der Waals surface area contributed by atoms with E-state index in [-0.39, 0.29) is 6.61 Å². The summed E-state index contributed by atoms with van der Waals surface area (Å²) in [5.41, 5.74) is 6.80. The first-order valence-corrected chi connectivity index (χ1v) is 5.22. The highest BCUT2D eigenvalue weighted by molar-refractivity contribution is 5.30. The molecule has 14 heavy (non-hydrogen) atoms. The van der Waals surface area contributed by atoms with Crippen molar-refractivity contribution in [3.8, 4) is 0 Å². The normalized spacial score (nSPS) is 16.1. The molecular weight excluding hydrogens is 178 g/mol. The molecule has 0 aliphatic heterocycles. The van der Waals surface area contributed by atoms with E-state index in [0.717, 1.165) is 18.0 Å². The van der Waals surface area contributed by atoms with E-state index in [4.69, 9.17) is 10.8 Å². The predicted octanol–water partition coefficient (Wildman–Crippen LogP) is 0.800. The highest BCUT2D eigenvalue weighted by Gasteiger charge is 2.21. The number of anilines is 1. The minimum absolute atomic E-state index is 0.0912. The summed E-state index contributed by atoms with van der Waals surface area (Å²) >= 11 is 0. The summed E-state index contributed by atoms with van der Waals surface area (Å²) in [6.45, 7) is 0.587. The summed E-state index contributed by atoms with van der Waals surface area (Å²) in [7, 11) is 0. The molecule has 78 valence electrons. The molecule has 4 nitrogen and oxygen atoms in total. The zero-order chi connectivity index (χ0) is 9.97. The summed E-state index contributed by atoms with van der Waals surface area (Å²) in [6, 6.07) is 1.91. The van der Waals surface area contributed by atoms with E-state index in [0.29, 0.717) is 12.4 Å². The number of hydrogen-bond acceptors (Lipinski definition) is 3. The minimum Gasteiger partial charge on any atom is -0.394 e. The molecule has 0 spiro atoms. The van der Waals surface area contributed by atoms with Crippen molar-refractivity contribution in [3.05, 3.63) is 11.8 Å². The van der Waals surface area contributed by atoms with Crippen molar-refractivity contribution < 1.29 is 5.11 Å². The Kier molecular flexibility index (Phi) is 2.72. The second-order valence-corrected chi connectivity index (χ2v) is 3.99. The average molecular weight is 195 g/mol. The fourth-order valence-electron chi connectivity index (χ4n) is 1.64. The van der Waals surface area contributed by atoms with E-state index in [1.165, 1.54) is 19.3 Å². The molecule has 1 aromatic rings. The van der Waals surface area contributed by atoms with Gasteiger partial charge < -0.3 is 10.8 Å². The van der Waals surface area contributed by atoms with Gasteiger partial charge in [-0.05, 0) is 18.8 Å². The van der Waals surface area contributed by atoms with Crippen LogP contribution in [0.25, 0.3) is 0 Å². The first kappa shape index (κ1) is 9.52. The third-order valence-corrected chi connectivity index (χ3v) is 2.68. The molecule has 0 saturated heterocycles. The zero-order valence-electron chi connectivity index (χ0n) is 8.32. The fourth-order valence-corrected chi connectivity index (χ4v) is 1.64. The van der Waals surface area contributed by atoms with Crippen molar-refractivity contribution in [1.82, 2.24) is 9.78 Å². The van der Waals surface area contributed by atoms with Gasteiger partial charge in [0, 0.05) is 6.07 Å². The number of nitrogens with zero attached hydrogens (tertiary/aromatic N) is 2. The molecule has 1 heterocycles. The predicted molar refractivity (Wildman–Crippen MR) is 54.8 cm³/mol. The second kappa shape index (κ2) is 4.00. The largest absolute Gasteiger partial charge is 0.394 e. The Labute approximate surface area is 83.7 Å². The van der Waals surface area contributed by atoms with Crippen LogP contribution in [0.2, 0.25) is 0 Å². The Morgan fingerprint density at radius 3 is 3.00 bits per heavy atom. The van der Waals surface area contributed by atoms with Gasteiger partial charge in [-0.2, -0.15) is 5.10 Å². The van der Waals surface area contributed by atoms with Gasteiger partial charge in [0.2, 0.25) is 0 Å². The molecule has 0 amide bonds. The van der Waals surface area contributed by atoms with Crippen molar-refractivity contribution in [3.63, 3.8) is 0 Å². The Bertz CT molecular complexity index is 304. The van der Waals surface area contributed by atoms with E-state index in [9.17, 15) is 0 Å². The molecule has 0 bridgehead atoms. The Balaban J connectivity index is 1.92. The molecular formula is C10H17N3O. The number of aliphatic hydroxyl groups excluding tert-OH is 1. The highest BCUT2D eigenvalue weighted by Crippen LogP contribution is 2.33. The molecule has 1 aliphatic rings. The Morgan fingerprint density at radius 2 is 2.36 bits per heavy atom. The SMILES string of the molecule is Nc1cc(CCC2CC2)nn1CCO. The molecule has 1 saturated carbocycles. The average Bonchev–Trinajstić information content (AvgIpc) is 2.91. The number of nitrogen functional groups attached to an aromatic ring is 1. The van der Waals surface area contributed by atoms with E-state index in [2.05, 4.69) is 5.10 Å². The van der Waals surface area contributed by atoms with Gasteiger partial charge in [0.05, 0.1) is 18.8 Å². The maximum Gasteiger partial charge on any atom is 0.122 e. The van der Waals surface area contributed by atoms with Crippen molar-refractivity contribution in [2.75, 3.05) is 12.3 Å². The van der Waals surface area contributed by atoms with Crippen LogP contribution in [0.5, 0.6) is 0 Å². The van der Waals surface area contributed by atoms with E-state index in [1.807, 2.05) is 6.07 Å². The highest BCUT2D eigenvalue weighted by atomic mass is 16.3. The van der Waals surface area contributed by atoms with Gasteiger partial charge in [-0.1, -0.05) is 12.8 Å². The first-order chi connectivity index (χ1) is 6.79. The van der Waals surface area contributed by atoms with Crippen LogP contribution in [0.1, 0.15) is 25.0 Å². The van der Waals surface area contributed by atoms with Crippen LogP contribution in [-0.2, 0) is 13.0 Å². The lowest BCUT2D eigenvalue weighted by Gasteiger charge is -1.99. The Morgan fingerprint density at radius 1 is 1.57 bits per heavy atom. The van der Waals surface area contributed by atoms with E-state index in [1.54, 1.807) is 4.68 Å². The molecule has 2 rings (SSSR count). The summed E-state index contributed by atoms with van der Waals surface area (Å²) in [5.74, 6) is 1.59. The van der Waals surface area contributed by atoms with E-state index < -0.39 is 0 Å². The lowest BCUT2D eigenvalue weighted by atomic mass is 10.2. The van der Waals surface area contributed by atoms with Crippen molar-refractivity contribution in [2.24, 2.45) is 5.92 Å². The summed E-state index contributed by atoms with van der Waals surface area (Å²) < 4.78 is 1.67. The lowest BCUT2D eigenvalue weighted by molar-refractivity contribution is 0.270. The van der Waals surface area contributed by atoms with Gasteiger partial charge in [0.25, 0.3) is 0 Å². The maximum atomic E-state index is 8.77. The summed E-state index contributed by atoms with van der Waals surface area (Å²) in [5, 5.41) is 13.1. The lowest BCUT2D eigenvalue weighted by Crippen LogP contribution is -2.07. The molecule has 1 aliphatic carbocycles. The first-order valence-electron chi connectivity index (χ1n) is 5.22. The van der Waals surface area contributed by atoms with Crippen LogP contribution >= 0.6 is 0 Å². The topological polar surface area (TPSA) is 64.1 Å². The van der Waals surface area contributed by atoms with Gasteiger partial charge >= 0.3 is 0 Å². The minimum atomic E-state index is 0.0912. The van der Waals surface area contributed by atoms with Gasteiger partial charge in [-0.25, -0.2) is 4.68 Å². The molecule has 0 radical (unpaired) electrons. The molecule has 0 unspecified atom stereocenters. The molecule has 3 N–H and O–H groups in total. The van der Waals surface area contributed by atoms with Crippen LogP contribution in [0, 0.1) is 5.92 Å². The summed E-state index contributed by atoms with van der Waals surface area (Å²) in [4.78, 5) is 0. The smallest absolute Gasteiger partial charge is 0.122 e. The van der Waals surface area contributed by atoms with Gasteiger partial charge in [-0.15, -0.1) is 0 Å². The molecule has 0 aromatic carbocycles. The van der Waals surface area contributed by atoms with Gasteiger partial charge in [0.1, 0.15) is 5.82 Å². The molecule has 4 heteroatoms. The van der Waals surface area contributed by atoms with Crippen molar-refractivity contribution in [1.29, 1.82) is 0 Å². The fraction of sp³-hybridized carbons (Fsp3) is 0.700. The van der Waals surface area contributed by atoms with Crippen LogP contribution in [-0.4, -0.2) is 21.5 Å². The molecule has 1 fully saturated rings. The zero-order valence-corrected chi connectivity index (χ0v) is 8.32. The maximum absolute atomic E-state index is 8.77. The monoisotopic (exact) mass is 195 g/mol. The summed E-state index contributed by atoms with van der Waals surface area (Å²) in [6.07, 6.45) is 5.02. The van der Waals surface area contributed by atoms with Crippen LogP contribution in [0.15, 0.2) is 6.07 Å².